The number of nitrogens with zero attached hydrogens (tertiary/aromatic N) is 2. The number of methoxy groups -OCH3 is 1. The average molecular weight is 376 g/mol. The second-order valence-electron chi connectivity index (χ2n) is 5.66. The van der Waals surface area contributed by atoms with E-state index in [4.69, 9.17) is 9.88 Å². The molecule has 0 spiro atoms. The zero-order valence-electron chi connectivity index (χ0n) is 13.8. The summed E-state index contributed by atoms with van der Waals surface area (Å²) in [6, 6.07) is 6.20. The minimum atomic E-state index is -3.73. The van der Waals surface area contributed by atoms with Crippen molar-refractivity contribution in [3.05, 3.63) is 58.1 Å². The smallest absolute Gasteiger partial charge is 0.341 e. The molecule has 0 fully saturated rings. The number of ether oxygens (including phenoxy) is 1. The first-order valence-electron chi connectivity index (χ1n) is 7.58. The molecule has 2 aliphatic rings. The van der Waals surface area contributed by atoms with Gasteiger partial charge in [0.25, 0.3) is 5.56 Å². The lowest BCUT2D eigenvalue weighted by molar-refractivity contribution is 0.0600. The van der Waals surface area contributed by atoms with E-state index < -0.39 is 21.6 Å². The number of hydrogen-bond donors (Lipinski definition) is 2. The molecule has 3 N–H and O–H groups in total. The third-order valence-electron chi connectivity index (χ3n) is 3.93. The summed E-state index contributed by atoms with van der Waals surface area (Å²) in [7, 11) is -2.48. The predicted molar refractivity (Wildman–Crippen MR) is 92.3 cm³/mol. The van der Waals surface area contributed by atoms with Crippen molar-refractivity contribution in [1.82, 2.24) is 14.8 Å². The molecule has 1 aromatic carbocycles. The number of pyridine rings is 1. The number of aromatic amines is 1. The Morgan fingerprint density at radius 3 is 2.58 bits per heavy atom. The Bertz CT molecular complexity index is 1080. The molecular weight excluding hydrogens is 360 g/mol. The molecule has 0 radical (unpaired) electrons. The minimum absolute atomic E-state index is 0.0395. The highest BCUT2D eigenvalue weighted by Gasteiger charge is 2.21. The van der Waals surface area contributed by atoms with E-state index in [1.807, 2.05) is 0 Å². The summed E-state index contributed by atoms with van der Waals surface area (Å²) < 4.78 is 29.0. The highest BCUT2D eigenvalue weighted by Crippen LogP contribution is 2.21. The number of sulfonamides is 1. The van der Waals surface area contributed by atoms with E-state index in [0.717, 1.165) is 5.56 Å². The van der Waals surface area contributed by atoms with Crippen molar-refractivity contribution < 1.29 is 17.9 Å². The van der Waals surface area contributed by atoms with Crippen molar-refractivity contribution in [2.24, 2.45) is 5.14 Å². The molecule has 0 atom stereocenters. The lowest BCUT2D eigenvalue weighted by atomic mass is 10.1. The number of carbonyl (C=O) groups is 1. The van der Waals surface area contributed by atoms with Gasteiger partial charge in [0.15, 0.2) is 0 Å². The number of carbonyl (C=O) groups excluding carboxylic acids is 1. The van der Waals surface area contributed by atoms with Gasteiger partial charge >= 0.3 is 5.97 Å². The van der Waals surface area contributed by atoms with Gasteiger partial charge in [0.2, 0.25) is 10.0 Å². The SMILES string of the molecule is COC(=O)c1cn(CCc2ccc(S(N)(=O)=O)cc2)cc2c(=O)[nH]nc1-2. The fourth-order valence-electron chi connectivity index (χ4n) is 2.58. The number of H-pyrrole nitrogens is 1. The van der Waals surface area contributed by atoms with Crippen molar-refractivity contribution in [1.29, 1.82) is 0 Å². The van der Waals surface area contributed by atoms with Crippen molar-refractivity contribution in [2.75, 3.05) is 7.11 Å². The molecule has 0 saturated carbocycles. The number of rotatable bonds is 5. The molecule has 0 saturated heterocycles. The molecular formula is C16H16N4O5S. The maximum atomic E-state index is 11.9. The minimum Gasteiger partial charge on any atom is -0.465 e. The molecule has 0 unspecified atom stereocenters. The summed E-state index contributed by atoms with van der Waals surface area (Å²) >= 11 is 0. The molecule has 0 aromatic heterocycles. The number of nitrogens with one attached hydrogen (secondary N) is 1. The molecule has 2 aliphatic heterocycles. The van der Waals surface area contributed by atoms with Crippen LogP contribution < -0.4 is 10.7 Å². The number of esters is 1. The molecule has 0 bridgehead atoms. The first-order chi connectivity index (χ1) is 12.3. The van der Waals surface area contributed by atoms with E-state index in [9.17, 15) is 18.0 Å². The standard InChI is InChI=1S/C16H16N4O5S/c1-25-16(22)13-9-20(8-12-14(13)18-19-15(12)21)7-6-10-2-4-11(5-3-10)26(17,23)24/h2-5,8-9H,6-7H2,1H3,(H,19,21)(H2,17,23,24). The van der Waals surface area contributed by atoms with Gasteiger partial charge in [0, 0.05) is 18.9 Å². The Morgan fingerprint density at radius 2 is 1.96 bits per heavy atom. The van der Waals surface area contributed by atoms with Gasteiger partial charge in [-0.15, -0.1) is 0 Å². The van der Waals surface area contributed by atoms with Crippen molar-refractivity contribution in [3.63, 3.8) is 0 Å². The number of primary sulfonamides is 1. The van der Waals surface area contributed by atoms with Gasteiger partial charge in [-0.25, -0.2) is 23.4 Å². The number of hydrogen-bond acceptors (Lipinski definition) is 6. The topological polar surface area (TPSA) is 137 Å². The second kappa shape index (κ2) is 6.73. The van der Waals surface area contributed by atoms with Crippen LogP contribution in [0.15, 0.2) is 46.3 Å². The van der Waals surface area contributed by atoms with Crippen molar-refractivity contribution >= 4 is 16.0 Å². The van der Waals surface area contributed by atoms with E-state index in [2.05, 4.69) is 10.2 Å². The molecule has 0 aliphatic carbocycles. The summed E-state index contributed by atoms with van der Waals surface area (Å²) in [4.78, 5) is 23.8. The summed E-state index contributed by atoms with van der Waals surface area (Å²) in [5.41, 5.74) is 1.22. The van der Waals surface area contributed by atoms with Gasteiger partial charge in [-0.2, -0.15) is 5.10 Å². The maximum Gasteiger partial charge on any atom is 0.341 e. The number of benzene rings is 1. The van der Waals surface area contributed by atoms with E-state index >= 15 is 0 Å². The molecule has 0 amide bonds. The van der Waals surface area contributed by atoms with Gasteiger partial charge in [-0.05, 0) is 24.1 Å². The molecule has 9 nitrogen and oxygen atoms in total. The molecule has 26 heavy (non-hydrogen) atoms. The summed E-state index contributed by atoms with van der Waals surface area (Å²) in [5, 5.41) is 11.3. The van der Waals surface area contributed by atoms with Gasteiger partial charge in [0.1, 0.15) is 11.3 Å². The molecule has 136 valence electrons. The Kier molecular flexibility index (Phi) is 4.62. The van der Waals surface area contributed by atoms with E-state index in [0.29, 0.717) is 13.0 Å². The Hall–Kier alpha value is -2.98. The lowest BCUT2D eigenvalue weighted by Gasteiger charge is -2.12. The van der Waals surface area contributed by atoms with Crippen molar-refractivity contribution in [3.8, 4) is 11.3 Å². The third-order valence-corrected chi connectivity index (χ3v) is 4.86. The van der Waals surface area contributed by atoms with Crippen LogP contribution in [0.25, 0.3) is 11.3 Å². The number of aryl methyl sites for hydroxylation is 2. The predicted octanol–water partition coefficient (Wildman–Crippen LogP) is 0.353. The van der Waals surface area contributed by atoms with E-state index in [1.54, 1.807) is 29.1 Å². The average Bonchev–Trinajstić information content (AvgIpc) is 2.99. The van der Waals surface area contributed by atoms with E-state index in [1.165, 1.54) is 19.2 Å². The number of nitrogens with two attached hydrogens (primary N) is 1. The van der Waals surface area contributed by atoms with Crippen LogP contribution in [-0.4, -0.2) is 36.3 Å². The Balaban J connectivity index is 1.87. The second-order valence-corrected chi connectivity index (χ2v) is 7.22. The lowest BCUT2D eigenvalue weighted by Crippen LogP contribution is -2.13. The molecule has 2 heterocycles. The van der Waals surface area contributed by atoms with Crippen LogP contribution in [0.4, 0.5) is 0 Å². The van der Waals surface area contributed by atoms with Gasteiger partial charge < -0.3 is 9.30 Å². The summed E-state index contributed by atoms with van der Waals surface area (Å²) in [6.45, 7) is 0.458. The highest BCUT2D eigenvalue weighted by molar-refractivity contribution is 7.89. The largest absolute Gasteiger partial charge is 0.465 e. The highest BCUT2D eigenvalue weighted by atomic mass is 32.2. The maximum absolute atomic E-state index is 11.9. The van der Waals surface area contributed by atoms with Crippen molar-refractivity contribution in [2.45, 2.75) is 17.9 Å². The third kappa shape index (κ3) is 3.51. The van der Waals surface area contributed by atoms with Crippen LogP contribution in [0.1, 0.15) is 15.9 Å². The van der Waals surface area contributed by atoms with Crippen LogP contribution in [0.5, 0.6) is 0 Å². The first-order valence-corrected chi connectivity index (χ1v) is 9.12. The zero-order chi connectivity index (χ0) is 18.9. The molecule has 3 rings (SSSR count). The van der Waals surface area contributed by atoms with Gasteiger partial charge in [0.05, 0.1) is 17.6 Å². The Morgan fingerprint density at radius 1 is 1.27 bits per heavy atom. The van der Waals surface area contributed by atoms with Crippen LogP contribution in [0.2, 0.25) is 0 Å². The molecule has 1 aromatic rings. The fourth-order valence-corrected chi connectivity index (χ4v) is 3.10. The number of fused-ring (bicyclic) bond motifs is 1. The van der Waals surface area contributed by atoms with E-state index in [-0.39, 0.29) is 21.7 Å². The first kappa shape index (κ1) is 17.8. The monoisotopic (exact) mass is 376 g/mol. The summed E-state index contributed by atoms with van der Waals surface area (Å²) in [5.74, 6) is -0.589. The van der Waals surface area contributed by atoms with Gasteiger partial charge in [-0.1, -0.05) is 12.1 Å². The summed E-state index contributed by atoms with van der Waals surface area (Å²) in [6.07, 6.45) is 3.72. The van der Waals surface area contributed by atoms with Crippen LogP contribution >= 0.6 is 0 Å². The molecule has 10 heteroatoms. The Labute approximate surface area is 148 Å². The number of aromatic nitrogens is 3. The fraction of sp³-hybridized carbons (Fsp3) is 0.188. The zero-order valence-corrected chi connectivity index (χ0v) is 14.6. The van der Waals surface area contributed by atoms with Crippen LogP contribution in [0.3, 0.4) is 0 Å². The van der Waals surface area contributed by atoms with Crippen LogP contribution in [0, 0.1) is 0 Å². The van der Waals surface area contributed by atoms with Gasteiger partial charge in [-0.3, -0.25) is 4.79 Å². The van der Waals surface area contributed by atoms with Crippen LogP contribution in [-0.2, 0) is 27.7 Å². The normalized spacial score (nSPS) is 11.6. The quantitative estimate of drug-likeness (QED) is 0.617.